The molecule has 0 spiro atoms. The fourth-order valence-corrected chi connectivity index (χ4v) is 2.62. The van der Waals surface area contributed by atoms with Crippen molar-refractivity contribution in [1.82, 2.24) is 0 Å². The monoisotopic (exact) mass is 262 g/mol. The van der Waals surface area contributed by atoms with Crippen LogP contribution in [0.4, 0.5) is 0 Å². The van der Waals surface area contributed by atoms with Crippen molar-refractivity contribution in [2.24, 2.45) is 5.92 Å². The molecule has 1 unspecified atom stereocenters. The van der Waals surface area contributed by atoms with Crippen LogP contribution in [-0.4, -0.2) is 0 Å². The molecule has 1 aliphatic heterocycles. The Kier molecular flexibility index (Phi) is 3.69. The van der Waals surface area contributed by atoms with Crippen molar-refractivity contribution >= 4 is 11.6 Å². The quantitative estimate of drug-likeness (QED) is 0.745. The van der Waals surface area contributed by atoms with Crippen LogP contribution in [-0.2, 0) is 4.74 Å². The van der Waals surface area contributed by atoms with E-state index in [2.05, 4.69) is 49.4 Å². The van der Waals surface area contributed by atoms with Gasteiger partial charge in [-0.15, -0.1) is 0 Å². The van der Waals surface area contributed by atoms with E-state index in [0.29, 0.717) is 5.92 Å². The van der Waals surface area contributed by atoms with Gasteiger partial charge in [0.25, 0.3) is 0 Å². The molecule has 1 atom stereocenters. The van der Waals surface area contributed by atoms with E-state index in [4.69, 9.17) is 4.74 Å². The molecule has 0 N–H and O–H groups in total. The second-order valence-electron chi connectivity index (χ2n) is 4.98. The molecule has 100 valence electrons. The van der Waals surface area contributed by atoms with E-state index >= 15 is 0 Å². The Bertz CT molecular complexity index is 623. The zero-order valence-corrected chi connectivity index (χ0v) is 11.6. The van der Waals surface area contributed by atoms with E-state index in [0.717, 1.165) is 12.2 Å². The maximum absolute atomic E-state index is 5.83. The van der Waals surface area contributed by atoms with Gasteiger partial charge in [0.15, 0.2) is 0 Å². The number of benzene rings is 2. The highest BCUT2D eigenvalue weighted by Crippen LogP contribution is 2.38. The van der Waals surface area contributed by atoms with Gasteiger partial charge in [0.1, 0.15) is 5.76 Å². The number of allylic oxidation sites excluding steroid dienone is 1. The van der Waals surface area contributed by atoms with Crippen LogP contribution in [0.1, 0.15) is 24.5 Å². The second kappa shape index (κ2) is 5.79. The Balaban J connectivity index is 1.90. The molecular formula is C19H18O. The van der Waals surface area contributed by atoms with E-state index in [9.17, 15) is 0 Å². The van der Waals surface area contributed by atoms with Gasteiger partial charge in [-0.05, 0) is 23.6 Å². The van der Waals surface area contributed by atoms with Crippen molar-refractivity contribution in [2.45, 2.75) is 13.3 Å². The molecule has 1 heterocycles. The number of rotatable bonds is 3. The SMILES string of the molecule is CCC1C(=Cc2ccccc2)OC=C1c1ccccc1. The predicted octanol–water partition coefficient (Wildman–Crippen LogP) is 5.13. The van der Waals surface area contributed by atoms with Crippen LogP contribution in [0.3, 0.4) is 0 Å². The van der Waals surface area contributed by atoms with E-state index in [-0.39, 0.29) is 0 Å². The highest BCUT2D eigenvalue weighted by atomic mass is 16.5. The summed E-state index contributed by atoms with van der Waals surface area (Å²) in [7, 11) is 0. The van der Waals surface area contributed by atoms with Crippen molar-refractivity contribution in [1.29, 1.82) is 0 Å². The molecule has 0 bridgehead atoms. The van der Waals surface area contributed by atoms with Crippen molar-refractivity contribution in [3.63, 3.8) is 0 Å². The Morgan fingerprint density at radius 1 is 0.950 bits per heavy atom. The van der Waals surface area contributed by atoms with Crippen LogP contribution in [0.15, 0.2) is 72.7 Å². The van der Waals surface area contributed by atoms with Crippen LogP contribution in [0, 0.1) is 5.92 Å². The lowest BCUT2D eigenvalue weighted by atomic mass is 9.90. The molecule has 1 nitrogen and oxygen atoms in total. The van der Waals surface area contributed by atoms with Gasteiger partial charge in [0.05, 0.1) is 6.26 Å². The topological polar surface area (TPSA) is 9.23 Å². The molecule has 0 aromatic heterocycles. The van der Waals surface area contributed by atoms with E-state index in [1.165, 1.54) is 16.7 Å². The molecule has 1 heteroatoms. The van der Waals surface area contributed by atoms with Crippen molar-refractivity contribution in [3.05, 3.63) is 83.8 Å². The van der Waals surface area contributed by atoms with Gasteiger partial charge < -0.3 is 4.74 Å². The zero-order valence-electron chi connectivity index (χ0n) is 11.6. The highest BCUT2D eigenvalue weighted by molar-refractivity contribution is 5.73. The lowest BCUT2D eigenvalue weighted by Gasteiger charge is -2.12. The third-order valence-electron chi connectivity index (χ3n) is 3.66. The van der Waals surface area contributed by atoms with E-state index in [1.807, 2.05) is 30.5 Å². The minimum Gasteiger partial charge on any atom is -0.468 e. The minimum absolute atomic E-state index is 0.345. The third-order valence-corrected chi connectivity index (χ3v) is 3.66. The largest absolute Gasteiger partial charge is 0.468 e. The van der Waals surface area contributed by atoms with Crippen molar-refractivity contribution in [2.75, 3.05) is 0 Å². The molecule has 0 amide bonds. The molecular weight excluding hydrogens is 244 g/mol. The van der Waals surface area contributed by atoms with Gasteiger partial charge >= 0.3 is 0 Å². The Morgan fingerprint density at radius 3 is 2.25 bits per heavy atom. The molecule has 2 aromatic rings. The molecule has 0 radical (unpaired) electrons. The van der Waals surface area contributed by atoms with Gasteiger partial charge in [-0.3, -0.25) is 0 Å². The lowest BCUT2D eigenvalue weighted by Crippen LogP contribution is -2.00. The summed E-state index contributed by atoms with van der Waals surface area (Å²) in [5, 5.41) is 0. The average Bonchev–Trinajstić information content (AvgIpc) is 2.92. The van der Waals surface area contributed by atoms with E-state index < -0.39 is 0 Å². The first kappa shape index (κ1) is 12.7. The zero-order chi connectivity index (χ0) is 13.8. The highest BCUT2D eigenvalue weighted by Gasteiger charge is 2.25. The second-order valence-corrected chi connectivity index (χ2v) is 4.98. The Morgan fingerprint density at radius 2 is 1.60 bits per heavy atom. The Hall–Kier alpha value is -2.28. The van der Waals surface area contributed by atoms with Crippen LogP contribution in [0.2, 0.25) is 0 Å². The first-order valence-corrected chi connectivity index (χ1v) is 7.07. The Labute approximate surface area is 120 Å². The summed E-state index contributed by atoms with van der Waals surface area (Å²) in [5.74, 6) is 1.38. The summed E-state index contributed by atoms with van der Waals surface area (Å²) < 4.78 is 5.83. The number of hydrogen-bond donors (Lipinski definition) is 0. The van der Waals surface area contributed by atoms with Gasteiger partial charge in [-0.1, -0.05) is 67.6 Å². The summed E-state index contributed by atoms with van der Waals surface area (Å²) in [6.07, 6.45) is 5.08. The summed E-state index contributed by atoms with van der Waals surface area (Å²) in [6.45, 7) is 2.20. The first-order chi connectivity index (χ1) is 9.88. The molecule has 0 aliphatic carbocycles. The molecule has 0 saturated heterocycles. The smallest absolute Gasteiger partial charge is 0.111 e. The fourth-order valence-electron chi connectivity index (χ4n) is 2.62. The summed E-state index contributed by atoms with van der Waals surface area (Å²) in [5.41, 5.74) is 3.70. The maximum Gasteiger partial charge on any atom is 0.111 e. The van der Waals surface area contributed by atoms with Gasteiger partial charge in [-0.25, -0.2) is 0 Å². The number of hydrogen-bond acceptors (Lipinski definition) is 1. The molecule has 0 saturated carbocycles. The van der Waals surface area contributed by atoms with Crippen LogP contribution >= 0.6 is 0 Å². The third kappa shape index (κ3) is 2.53. The van der Waals surface area contributed by atoms with Crippen LogP contribution < -0.4 is 0 Å². The summed E-state index contributed by atoms with van der Waals surface area (Å²) in [6, 6.07) is 20.8. The molecule has 0 fully saturated rings. The summed E-state index contributed by atoms with van der Waals surface area (Å²) in [4.78, 5) is 0. The average molecular weight is 262 g/mol. The molecule has 3 rings (SSSR count). The van der Waals surface area contributed by atoms with Crippen molar-refractivity contribution in [3.8, 4) is 0 Å². The van der Waals surface area contributed by atoms with Crippen LogP contribution in [0.5, 0.6) is 0 Å². The molecule has 1 aliphatic rings. The fraction of sp³-hybridized carbons (Fsp3) is 0.158. The van der Waals surface area contributed by atoms with Gasteiger partial charge in [-0.2, -0.15) is 0 Å². The lowest BCUT2D eigenvalue weighted by molar-refractivity contribution is 0.345. The standard InChI is InChI=1S/C19H18O/c1-2-17-18(16-11-7-4-8-12-16)14-20-19(17)13-15-9-5-3-6-10-15/h3-14,17H,2H2,1H3. The van der Waals surface area contributed by atoms with Gasteiger partial charge in [0, 0.05) is 11.5 Å². The van der Waals surface area contributed by atoms with Gasteiger partial charge in [0.2, 0.25) is 0 Å². The normalized spacial score (nSPS) is 19.8. The predicted molar refractivity (Wildman–Crippen MR) is 83.7 cm³/mol. The van der Waals surface area contributed by atoms with E-state index in [1.54, 1.807) is 0 Å². The van der Waals surface area contributed by atoms with Crippen LogP contribution in [0.25, 0.3) is 11.6 Å². The summed E-state index contributed by atoms with van der Waals surface area (Å²) >= 11 is 0. The minimum atomic E-state index is 0.345. The van der Waals surface area contributed by atoms with Crippen molar-refractivity contribution < 1.29 is 4.74 Å². The molecule has 20 heavy (non-hydrogen) atoms. The molecule has 2 aromatic carbocycles. The maximum atomic E-state index is 5.83. The number of ether oxygens (including phenoxy) is 1. The first-order valence-electron chi connectivity index (χ1n) is 7.07.